The summed E-state index contributed by atoms with van der Waals surface area (Å²) in [6.07, 6.45) is -3.41. The molecule has 1 aromatic heterocycles. The highest BCUT2D eigenvalue weighted by molar-refractivity contribution is 5.58. The van der Waals surface area contributed by atoms with Crippen LogP contribution in [0.1, 0.15) is 12.8 Å². The van der Waals surface area contributed by atoms with Gasteiger partial charge in [0.1, 0.15) is 5.54 Å². The number of pyridine rings is 1. The predicted octanol–water partition coefficient (Wildman–Crippen LogP) is 2.50. The van der Waals surface area contributed by atoms with E-state index in [9.17, 15) is 23.3 Å². The molecule has 1 aromatic rings. The Hall–Kier alpha value is -1.86. The molecule has 0 saturated heterocycles. The molecule has 0 unspecified atom stereocenters. The van der Waals surface area contributed by atoms with E-state index in [-0.39, 0.29) is 18.7 Å². The number of nitrogens with one attached hydrogen (secondary N) is 1. The quantitative estimate of drug-likeness (QED) is 0.658. The lowest BCUT2D eigenvalue weighted by Gasteiger charge is -2.20. The normalized spacial score (nSPS) is 17.6. The number of alkyl halides is 3. The Morgan fingerprint density at radius 3 is 2.59 bits per heavy atom. The van der Waals surface area contributed by atoms with Crippen LogP contribution < -0.4 is 5.32 Å². The zero-order valence-electron chi connectivity index (χ0n) is 8.49. The summed E-state index contributed by atoms with van der Waals surface area (Å²) >= 11 is 0. The highest BCUT2D eigenvalue weighted by atomic mass is 19.4. The van der Waals surface area contributed by atoms with Gasteiger partial charge in [-0.1, -0.05) is 0 Å². The third kappa shape index (κ3) is 2.02. The van der Waals surface area contributed by atoms with Gasteiger partial charge in [-0.3, -0.25) is 10.1 Å². The van der Waals surface area contributed by atoms with E-state index in [1.807, 2.05) is 0 Å². The van der Waals surface area contributed by atoms with Gasteiger partial charge in [0, 0.05) is 12.3 Å². The zero-order valence-corrected chi connectivity index (χ0v) is 8.49. The number of rotatable bonds is 3. The van der Waals surface area contributed by atoms with Crippen molar-refractivity contribution < 1.29 is 18.1 Å². The van der Waals surface area contributed by atoms with Crippen LogP contribution in [0.15, 0.2) is 18.3 Å². The van der Waals surface area contributed by atoms with Gasteiger partial charge in [0.2, 0.25) is 5.82 Å². The third-order valence-corrected chi connectivity index (χ3v) is 2.63. The van der Waals surface area contributed by atoms with E-state index in [2.05, 4.69) is 10.3 Å². The van der Waals surface area contributed by atoms with Crippen molar-refractivity contribution in [1.29, 1.82) is 0 Å². The maximum Gasteiger partial charge on any atom is 0.411 e. The maximum atomic E-state index is 12.7. The van der Waals surface area contributed by atoms with Gasteiger partial charge < -0.3 is 5.32 Å². The molecular weight excluding hydrogens is 239 g/mol. The van der Waals surface area contributed by atoms with Gasteiger partial charge in [-0.25, -0.2) is 4.98 Å². The molecule has 0 amide bonds. The largest absolute Gasteiger partial charge is 0.411 e. The van der Waals surface area contributed by atoms with Crippen molar-refractivity contribution in [1.82, 2.24) is 4.98 Å². The summed E-state index contributed by atoms with van der Waals surface area (Å²) in [6.45, 7) is 0. The van der Waals surface area contributed by atoms with E-state index in [0.29, 0.717) is 0 Å². The van der Waals surface area contributed by atoms with Crippen LogP contribution in [0.25, 0.3) is 0 Å². The molecular formula is C9H8F3N3O2. The second-order valence-electron chi connectivity index (χ2n) is 3.83. The zero-order chi connectivity index (χ0) is 12.7. The average Bonchev–Trinajstić information content (AvgIpc) is 2.98. The molecule has 1 aliphatic rings. The molecule has 0 aliphatic heterocycles. The summed E-state index contributed by atoms with van der Waals surface area (Å²) in [6, 6.07) is 2.41. The second-order valence-corrected chi connectivity index (χ2v) is 3.83. The van der Waals surface area contributed by atoms with E-state index in [1.165, 1.54) is 12.3 Å². The lowest BCUT2D eigenvalue weighted by Crippen LogP contribution is -2.39. The molecule has 1 heterocycles. The van der Waals surface area contributed by atoms with Gasteiger partial charge >= 0.3 is 11.9 Å². The molecule has 92 valence electrons. The van der Waals surface area contributed by atoms with Gasteiger partial charge in [0.15, 0.2) is 0 Å². The molecule has 1 aliphatic carbocycles. The fraction of sp³-hybridized carbons (Fsp3) is 0.444. The Morgan fingerprint density at radius 2 is 2.12 bits per heavy atom. The molecule has 1 saturated carbocycles. The summed E-state index contributed by atoms with van der Waals surface area (Å²) in [5, 5.41) is 12.8. The minimum atomic E-state index is -4.43. The first kappa shape index (κ1) is 11.6. The summed E-state index contributed by atoms with van der Waals surface area (Å²) in [7, 11) is 0. The maximum absolute atomic E-state index is 12.7. The minimum absolute atomic E-state index is 0.0930. The van der Waals surface area contributed by atoms with E-state index < -0.39 is 22.3 Å². The molecule has 2 rings (SSSR count). The first-order chi connectivity index (χ1) is 7.86. The van der Waals surface area contributed by atoms with Crippen molar-refractivity contribution in [3.05, 3.63) is 28.4 Å². The summed E-state index contributed by atoms with van der Waals surface area (Å²) in [5.41, 5.74) is -2.51. The van der Waals surface area contributed by atoms with E-state index in [0.717, 1.165) is 6.07 Å². The van der Waals surface area contributed by atoms with Crippen LogP contribution >= 0.6 is 0 Å². The van der Waals surface area contributed by atoms with Crippen molar-refractivity contribution in [2.45, 2.75) is 24.6 Å². The molecule has 0 radical (unpaired) electrons. The fourth-order valence-electron chi connectivity index (χ4n) is 1.47. The number of anilines is 1. The summed E-state index contributed by atoms with van der Waals surface area (Å²) in [5.74, 6) is -0.340. The molecule has 0 atom stereocenters. The number of hydrogen-bond donors (Lipinski definition) is 1. The van der Waals surface area contributed by atoms with Crippen LogP contribution in [-0.4, -0.2) is 21.6 Å². The molecule has 1 fully saturated rings. The molecule has 17 heavy (non-hydrogen) atoms. The summed E-state index contributed by atoms with van der Waals surface area (Å²) < 4.78 is 38.0. The number of aromatic nitrogens is 1. The molecule has 1 N–H and O–H groups in total. The van der Waals surface area contributed by atoms with E-state index >= 15 is 0 Å². The third-order valence-electron chi connectivity index (χ3n) is 2.63. The standard InChI is InChI=1S/C9H8F3N3O2/c10-9(11,12)8(3-4-8)14-7-6(15(16)17)2-1-5-13-7/h1-2,5H,3-4H2,(H,13,14). The number of halogens is 3. The van der Waals surface area contributed by atoms with Gasteiger partial charge in [-0.05, 0) is 18.9 Å². The SMILES string of the molecule is O=[N+]([O-])c1cccnc1NC1(C(F)(F)F)CC1. The van der Waals surface area contributed by atoms with Crippen LogP contribution in [0.4, 0.5) is 24.7 Å². The van der Waals surface area contributed by atoms with Crippen LogP contribution in [0, 0.1) is 10.1 Å². The summed E-state index contributed by atoms with van der Waals surface area (Å²) in [4.78, 5) is 13.4. The van der Waals surface area contributed by atoms with Crippen LogP contribution in [0.2, 0.25) is 0 Å². The molecule has 8 heteroatoms. The first-order valence-corrected chi connectivity index (χ1v) is 4.80. The smallest absolute Gasteiger partial charge is 0.350 e. The Kier molecular flexibility index (Phi) is 2.44. The van der Waals surface area contributed by atoms with Gasteiger partial charge in [-0.2, -0.15) is 13.2 Å². The second kappa shape index (κ2) is 3.57. The van der Waals surface area contributed by atoms with Gasteiger partial charge in [0.25, 0.3) is 0 Å². The lowest BCUT2D eigenvalue weighted by atomic mass is 10.2. The van der Waals surface area contributed by atoms with Gasteiger partial charge in [0.05, 0.1) is 4.92 Å². The van der Waals surface area contributed by atoms with E-state index in [1.54, 1.807) is 0 Å². The van der Waals surface area contributed by atoms with Crippen molar-refractivity contribution in [2.75, 3.05) is 5.32 Å². The van der Waals surface area contributed by atoms with Crippen LogP contribution in [-0.2, 0) is 0 Å². The highest BCUT2D eigenvalue weighted by Crippen LogP contribution is 2.51. The Bertz CT molecular complexity index is 457. The predicted molar refractivity (Wildman–Crippen MR) is 52.5 cm³/mol. The number of hydrogen-bond acceptors (Lipinski definition) is 4. The van der Waals surface area contributed by atoms with Crippen LogP contribution in [0.5, 0.6) is 0 Å². The lowest BCUT2D eigenvalue weighted by molar-refractivity contribution is -0.384. The monoisotopic (exact) mass is 247 g/mol. The molecule has 5 nitrogen and oxygen atoms in total. The fourth-order valence-corrected chi connectivity index (χ4v) is 1.47. The first-order valence-electron chi connectivity index (χ1n) is 4.80. The Balaban J connectivity index is 2.29. The Labute approximate surface area is 93.8 Å². The molecule has 0 spiro atoms. The minimum Gasteiger partial charge on any atom is -0.350 e. The Morgan fingerprint density at radius 1 is 1.47 bits per heavy atom. The van der Waals surface area contributed by atoms with Crippen molar-refractivity contribution in [3.63, 3.8) is 0 Å². The van der Waals surface area contributed by atoms with E-state index in [4.69, 9.17) is 0 Å². The van der Waals surface area contributed by atoms with Crippen molar-refractivity contribution >= 4 is 11.5 Å². The highest BCUT2D eigenvalue weighted by Gasteiger charge is 2.64. The number of nitrogens with zero attached hydrogens (tertiary/aromatic N) is 2. The van der Waals surface area contributed by atoms with Crippen LogP contribution in [0.3, 0.4) is 0 Å². The van der Waals surface area contributed by atoms with Crippen molar-refractivity contribution in [2.24, 2.45) is 0 Å². The average molecular weight is 247 g/mol. The molecule has 0 bridgehead atoms. The van der Waals surface area contributed by atoms with Crippen molar-refractivity contribution in [3.8, 4) is 0 Å². The molecule has 0 aromatic carbocycles. The number of nitro groups is 1. The topological polar surface area (TPSA) is 68.1 Å². The van der Waals surface area contributed by atoms with Gasteiger partial charge in [-0.15, -0.1) is 0 Å².